The van der Waals surface area contributed by atoms with E-state index in [0.29, 0.717) is 17.0 Å². The van der Waals surface area contributed by atoms with Crippen molar-refractivity contribution < 1.29 is 19.1 Å². The zero-order chi connectivity index (χ0) is 15.9. The summed E-state index contributed by atoms with van der Waals surface area (Å²) in [6.07, 6.45) is 0. The van der Waals surface area contributed by atoms with Gasteiger partial charge in [-0.15, -0.1) is 0 Å². The summed E-state index contributed by atoms with van der Waals surface area (Å²) >= 11 is 2.12. The fraction of sp³-hybridized carbons (Fsp3) is 0.125. The molecule has 0 fully saturated rings. The Balaban J connectivity index is 1.87. The number of anilines is 1. The molecule has 114 valence electrons. The topological polar surface area (TPSA) is 64.6 Å². The van der Waals surface area contributed by atoms with Crippen LogP contribution in [0, 0.1) is 3.57 Å². The van der Waals surface area contributed by atoms with Gasteiger partial charge >= 0.3 is 5.97 Å². The van der Waals surface area contributed by atoms with Gasteiger partial charge in [0.2, 0.25) is 0 Å². The van der Waals surface area contributed by atoms with Gasteiger partial charge in [-0.05, 0) is 59.0 Å². The third-order valence-electron chi connectivity index (χ3n) is 2.81. The van der Waals surface area contributed by atoms with Crippen molar-refractivity contribution in [2.45, 2.75) is 0 Å². The van der Waals surface area contributed by atoms with Crippen LogP contribution in [0.25, 0.3) is 0 Å². The third-order valence-corrected chi connectivity index (χ3v) is 3.75. The number of para-hydroxylation sites is 1. The Kier molecular flexibility index (Phi) is 5.76. The number of halogens is 1. The van der Waals surface area contributed by atoms with Crippen LogP contribution < -0.4 is 10.1 Å². The SMILES string of the molecule is COc1ccc(C(=O)OCC(=O)Nc2ccccc2I)cc1. The maximum atomic E-state index is 11.8. The molecule has 0 radical (unpaired) electrons. The summed E-state index contributed by atoms with van der Waals surface area (Å²) in [6, 6.07) is 13.8. The second-order valence-electron chi connectivity index (χ2n) is 4.33. The molecule has 0 aliphatic carbocycles. The molecule has 0 spiro atoms. The first-order valence-electron chi connectivity index (χ1n) is 6.45. The van der Waals surface area contributed by atoms with E-state index in [-0.39, 0.29) is 12.5 Å². The van der Waals surface area contributed by atoms with E-state index in [1.807, 2.05) is 18.2 Å². The number of methoxy groups -OCH3 is 1. The van der Waals surface area contributed by atoms with Gasteiger partial charge in [-0.25, -0.2) is 4.79 Å². The highest BCUT2D eigenvalue weighted by Crippen LogP contribution is 2.17. The molecule has 0 aromatic heterocycles. The molecule has 1 amide bonds. The van der Waals surface area contributed by atoms with Gasteiger partial charge in [0.15, 0.2) is 6.61 Å². The number of carbonyl (C=O) groups excluding carboxylic acids is 2. The second kappa shape index (κ2) is 7.79. The lowest BCUT2D eigenvalue weighted by molar-refractivity contribution is -0.119. The van der Waals surface area contributed by atoms with Gasteiger partial charge in [-0.3, -0.25) is 4.79 Å². The Morgan fingerprint density at radius 3 is 2.41 bits per heavy atom. The normalized spacial score (nSPS) is 9.91. The van der Waals surface area contributed by atoms with E-state index in [1.54, 1.807) is 37.4 Å². The van der Waals surface area contributed by atoms with E-state index in [1.165, 1.54) is 0 Å². The van der Waals surface area contributed by atoms with E-state index >= 15 is 0 Å². The predicted molar refractivity (Wildman–Crippen MR) is 91.1 cm³/mol. The molecule has 0 unspecified atom stereocenters. The number of rotatable bonds is 5. The minimum Gasteiger partial charge on any atom is -0.497 e. The van der Waals surface area contributed by atoms with Crippen LogP contribution in [-0.2, 0) is 9.53 Å². The minimum absolute atomic E-state index is 0.337. The maximum Gasteiger partial charge on any atom is 0.338 e. The summed E-state index contributed by atoms with van der Waals surface area (Å²) in [7, 11) is 1.54. The molecule has 0 heterocycles. The molecule has 1 N–H and O–H groups in total. The molecule has 2 aromatic carbocycles. The van der Waals surface area contributed by atoms with Crippen molar-refractivity contribution in [3.05, 3.63) is 57.7 Å². The summed E-state index contributed by atoms with van der Waals surface area (Å²) in [6.45, 7) is -0.337. The number of amides is 1. The predicted octanol–water partition coefficient (Wildman–Crippen LogP) is 3.10. The monoisotopic (exact) mass is 411 g/mol. The van der Waals surface area contributed by atoms with E-state index in [0.717, 1.165) is 3.57 Å². The standard InChI is InChI=1S/C16H14INO4/c1-21-12-8-6-11(7-9-12)16(20)22-10-15(19)18-14-5-3-2-4-13(14)17/h2-9H,10H2,1H3,(H,18,19). The first-order valence-corrected chi connectivity index (χ1v) is 7.53. The lowest BCUT2D eigenvalue weighted by Gasteiger charge is -2.08. The molecule has 0 saturated carbocycles. The third kappa shape index (κ3) is 4.45. The number of esters is 1. The minimum atomic E-state index is -0.555. The van der Waals surface area contributed by atoms with Gasteiger partial charge in [-0.1, -0.05) is 12.1 Å². The smallest absolute Gasteiger partial charge is 0.338 e. The molecule has 2 aromatic rings. The highest BCUT2D eigenvalue weighted by atomic mass is 127. The highest BCUT2D eigenvalue weighted by Gasteiger charge is 2.11. The van der Waals surface area contributed by atoms with Crippen LogP contribution >= 0.6 is 22.6 Å². The van der Waals surface area contributed by atoms with Crippen molar-refractivity contribution in [2.24, 2.45) is 0 Å². The largest absolute Gasteiger partial charge is 0.497 e. The van der Waals surface area contributed by atoms with Gasteiger partial charge in [-0.2, -0.15) is 0 Å². The first kappa shape index (κ1) is 16.3. The zero-order valence-electron chi connectivity index (χ0n) is 11.8. The molecule has 0 atom stereocenters. The number of ether oxygens (including phenoxy) is 2. The summed E-state index contributed by atoms with van der Waals surface area (Å²) in [5.74, 6) is -0.292. The van der Waals surface area contributed by atoms with Crippen molar-refractivity contribution in [2.75, 3.05) is 19.0 Å². The average molecular weight is 411 g/mol. The highest BCUT2D eigenvalue weighted by molar-refractivity contribution is 14.1. The summed E-state index contributed by atoms with van der Waals surface area (Å²) in [5, 5.41) is 2.69. The van der Waals surface area contributed by atoms with Gasteiger partial charge in [0.1, 0.15) is 5.75 Å². The van der Waals surface area contributed by atoms with Crippen LogP contribution in [0.3, 0.4) is 0 Å². The van der Waals surface area contributed by atoms with Crippen LogP contribution in [0.2, 0.25) is 0 Å². The van der Waals surface area contributed by atoms with Crippen LogP contribution in [-0.4, -0.2) is 25.6 Å². The summed E-state index contributed by atoms with van der Waals surface area (Å²) in [4.78, 5) is 23.6. The van der Waals surface area contributed by atoms with Crippen LogP contribution in [0.4, 0.5) is 5.69 Å². The number of hydrogen-bond donors (Lipinski definition) is 1. The van der Waals surface area contributed by atoms with Crippen molar-refractivity contribution in [3.63, 3.8) is 0 Å². The molecule has 0 saturated heterocycles. The quantitative estimate of drug-likeness (QED) is 0.607. The molecular weight excluding hydrogens is 397 g/mol. The molecule has 22 heavy (non-hydrogen) atoms. The van der Waals surface area contributed by atoms with Crippen LogP contribution in [0.15, 0.2) is 48.5 Å². The Morgan fingerprint density at radius 2 is 1.77 bits per heavy atom. The van der Waals surface area contributed by atoms with Gasteiger partial charge in [0, 0.05) is 3.57 Å². The van der Waals surface area contributed by atoms with Crippen molar-refractivity contribution in [1.82, 2.24) is 0 Å². The van der Waals surface area contributed by atoms with Crippen molar-refractivity contribution >= 4 is 40.2 Å². The Bertz CT molecular complexity index is 670. The molecule has 2 rings (SSSR count). The van der Waals surface area contributed by atoms with E-state index < -0.39 is 5.97 Å². The molecule has 0 aliphatic rings. The van der Waals surface area contributed by atoms with E-state index in [4.69, 9.17) is 9.47 Å². The Morgan fingerprint density at radius 1 is 1.09 bits per heavy atom. The number of hydrogen-bond acceptors (Lipinski definition) is 4. The van der Waals surface area contributed by atoms with Gasteiger partial charge < -0.3 is 14.8 Å². The van der Waals surface area contributed by atoms with Crippen LogP contribution in [0.5, 0.6) is 5.75 Å². The summed E-state index contributed by atoms with van der Waals surface area (Å²) < 4.78 is 10.9. The Labute approximate surface area is 141 Å². The zero-order valence-corrected chi connectivity index (χ0v) is 14.0. The number of carbonyl (C=O) groups is 2. The average Bonchev–Trinajstić information content (AvgIpc) is 2.55. The van der Waals surface area contributed by atoms with Crippen molar-refractivity contribution in [1.29, 1.82) is 0 Å². The lowest BCUT2D eigenvalue weighted by atomic mass is 10.2. The van der Waals surface area contributed by atoms with Gasteiger partial charge in [0.25, 0.3) is 5.91 Å². The first-order chi connectivity index (χ1) is 10.6. The maximum absolute atomic E-state index is 11.8. The molecule has 0 bridgehead atoms. The molecule has 6 heteroatoms. The second-order valence-corrected chi connectivity index (χ2v) is 5.49. The number of benzene rings is 2. The lowest BCUT2D eigenvalue weighted by Crippen LogP contribution is -2.21. The Hall–Kier alpha value is -2.09. The fourth-order valence-electron chi connectivity index (χ4n) is 1.69. The number of nitrogens with one attached hydrogen (secondary N) is 1. The molecule has 5 nitrogen and oxygen atoms in total. The summed E-state index contributed by atoms with van der Waals surface area (Å²) in [5.41, 5.74) is 1.05. The van der Waals surface area contributed by atoms with Crippen LogP contribution in [0.1, 0.15) is 10.4 Å². The van der Waals surface area contributed by atoms with E-state index in [2.05, 4.69) is 27.9 Å². The molecular formula is C16H14INO4. The fourth-order valence-corrected chi connectivity index (χ4v) is 2.21. The molecule has 0 aliphatic heterocycles. The van der Waals surface area contributed by atoms with Gasteiger partial charge in [0.05, 0.1) is 18.4 Å². The van der Waals surface area contributed by atoms with E-state index in [9.17, 15) is 9.59 Å². The van der Waals surface area contributed by atoms with Crippen molar-refractivity contribution in [3.8, 4) is 5.75 Å².